The summed E-state index contributed by atoms with van der Waals surface area (Å²) in [6.45, 7) is 7.51. The second-order valence-electron chi connectivity index (χ2n) is 6.31. The average molecular weight is 343 g/mol. The molecule has 1 aliphatic heterocycles. The molecule has 2 aromatic rings. The van der Waals surface area contributed by atoms with Crippen LogP contribution in [0.5, 0.6) is 0 Å². The van der Waals surface area contributed by atoms with Gasteiger partial charge < -0.3 is 19.5 Å². The third kappa shape index (κ3) is 4.49. The molecule has 3 rings (SSSR count). The number of rotatable bonds is 5. The van der Waals surface area contributed by atoms with Gasteiger partial charge in [-0.05, 0) is 32.4 Å². The van der Waals surface area contributed by atoms with Crippen LogP contribution in [0.3, 0.4) is 0 Å². The monoisotopic (exact) mass is 343 g/mol. The van der Waals surface area contributed by atoms with E-state index in [9.17, 15) is 4.79 Å². The minimum absolute atomic E-state index is 0.00569. The largest absolute Gasteiger partial charge is 0.469 e. The van der Waals surface area contributed by atoms with Crippen molar-refractivity contribution in [2.24, 2.45) is 0 Å². The molecule has 2 amide bonds. The van der Waals surface area contributed by atoms with E-state index in [1.54, 1.807) is 12.5 Å². The maximum atomic E-state index is 12.3. The molecule has 0 spiro atoms. The first-order valence-electron chi connectivity index (χ1n) is 8.74. The number of aryl methyl sites for hydroxylation is 3. The van der Waals surface area contributed by atoms with E-state index in [2.05, 4.69) is 20.2 Å². The summed E-state index contributed by atoms with van der Waals surface area (Å²) in [4.78, 5) is 25.3. The van der Waals surface area contributed by atoms with Crippen LogP contribution in [0.1, 0.15) is 23.6 Å². The Hall–Kier alpha value is -2.57. The third-order valence-corrected chi connectivity index (χ3v) is 4.37. The summed E-state index contributed by atoms with van der Waals surface area (Å²) in [5, 5.41) is 2.99. The zero-order valence-electron chi connectivity index (χ0n) is 14.9. The Morgan fingerprint density at radius 1 is 1.28 bits per heavy atom. The minimum Gasteiger partial charge on any atom is -0.469 e. The highest BCUT2D eigenvalue weighted by molar-refractivity contribution is 5.74. The van der Waals surface area contributed by atoms with Crippen LogP contribution in [0, 0.1) is 13.8 Å². The van der Waals surface area contributed by atoms with E-state index in [4.69, 9.17) is 4.42 Å². The normalized spacial score (nSPS) is 14.6. The SMILES string of the molecule is Cc1cnc(C)c(N2CCN(C(=O)NCCCc3ccco3)CC2)n1. The smallest absolute Gasteiger partial charge is 0.317 e. The highest BCUT2D eigenvalue weighted by atomic mass is 16.3. The van der Waals surface area contributed by atoms with Crippen molar-refractivity contribution in [3.8, 4) is 0 Å². The average Bonchev–Trinajstić information content (AvgIpc) is 3.14. The molecule has 0 unspecified atom stereocenters. The van der Waals surface area contributed by atoms with E-state index in [-0.39, 0.29) is 6.03 Å². The first-order chi connectivity index (χ1) is 12.1. The fraction of sp³-hybridized carbons (Fsp3) is 0.500. The van der Waals surface area contributed by atoms with Gasteiger partial charge in [0.25, 0.3) is 0 Å². The Balaban J connectivity index is 1.42. The first-order valence-corrected chi connectivity index (χ1v) is 8.74. The second-order valence-corrected chi connectivity index (χ2v) is 6.31. The number of hydrogen-bond acceptors (Lipinski definition) is 5. The number of carbonyl (C=O) groups excluding carboxylic acids is 1. The molecule has 0 radical (unpaired) electrons. The number of amides is 2. The van der Waals surface area contributed by atoms with Gasteiger partial charge in [0.1, 0.15) is 11.6 Å². The number of piperazine rings is 1. The molecule has 0 bridgehead atoms. The number of nitrogens with one attached hydrogen (secondary N) is 1. The summed E-state index contributed by atoms with van der Waals surface area (Å²) >= 11 is 0. The van der Waals surface area contributed by atoms with E-state index in [1.165, 1.54) is 0 Å². The number of nitrogens with zero attached hydrogens (tertiary/aromatic N) is 4. The lowest BCUT2D eigenvalue weighted by atomic mass is 10.2. The lowest BCUT2D eigenvalue weighted by Gasteiger charge is -2.35. The zero-order valence-corrected chi connectivity index (χ0v) is 14.9. The van der Waals surface area contributed by atoms with Crippen molar-refractivity contribution in [2.75, 3.05) is 37.6 Å². The van der Waals surface area contributed by atoms with Gasteiger partial charge in [-0.15, -0.1) is 0 Å². The Bertz CT molecular complexity index is 693. The molecular formula is C18H25N5O2. The Morgan fingerprint density at radius 2 is 2.08 bits per heavy atom. The van der Waals surface area contributed by atoms with Gasteiger partial charge in [-0.25, -0.2) is 9.78 Å². The summed E-state index contributed by atoms with van der Waals surface area (Å²) in [7, 11) is 0. The van der Waals surface area contributed by atoms with Gasteiger partial charge in [0.15, 0.2) is 0 Å². The molecule has 0 saturated carbocycles. The van der Waals surface area contributed by atoms with Crippen LogP contribution < -0.4 is 10.2 Å². The molecule has 7 heteroatoms. The fourth-order valence-corrected chi connectivity index (χ4v) is 2.97. The van der Waals surface area contributed by atoms with Crippen LogP contribution in [0.25, 0.3) is 0 Å². The zero-order chi connectivity index (χ0) is 17.6. The summed E-state index contributed by atoms with van der Waals surface area (Å²) in [6.07, 6.45) is 5.17. The van der Waals surface area contributed by atoms with Crippen LogP contribution in [0.15, 0.2) is 29.0 Å². The number of carbonyl (C=O) groups is 1. The fourth-order valence-electron chi connectivity index (χ4n) is 2.97. The number of anilines is 1. The topological polar surface area (TPSA) is 74.5 Å². The number of urea groups is 1. The van der Waals surface area contributed by atoms with Crippen molar-refractivity contribution in [3.63, 3.8) is 0 Å². The number of furan rings is 1. The van der Waals surface area contributed by atoms with Crippen LogP contribution in [0.2, 0.25) is 0 Å². The predicted octanol–water partition coefficient (Wildman–Crippen LogP) is 2.15. The van der Waals surface area contributed by atoms with E-state index < -0.39 is 0 Å². The summed E-state index contributed by atoms with van der Waals surface area (Å²) in [6, 6.07) is 3.84. The molecule has 25 heavy (non-hydrogen) atoms. The highest BCUT2D eigenvalue weighted by Crippen LogP contribution is 2.17. The third-order valence-electron chi connectivity index (χ3n) is 4.37. The standard InChI is InChI=1S/C18H25N5O2/c1-14-13-20-15(2)17(21-14)22-8-10-23(11-9-22)18(24)19-7-3-5-16-6-4-12-25-16/h4,6,12-13H,3,5,7-11H2,1-2H3,(H,19,24). The maximum absolute atomic E-state index is 12.3. The van der Waals surface area contributed by atoms with E-state index in [0.29, 0.717) is 19.6 Å². The van der Waals surface area contributed by atoms with Gasteiger partial charge in [0, 0.05) is 45.3 Å². The van der Waals surface area contributed by atoms with Crippen LogP contribution >= 0.6 is 0 Å². The Labute approximate surface area is 148 Å². The van der Waals surface area contributed by atoms with E-state index in [1.807, 2.05) is 30.9 Å². The molecule has 0 aliphatic carbocycles. The van der Waals surface area contributed by atoms with Crippen molar-refractivity contribution >= 4 is 11.8 Å². The molecule has 0 aromatic carbocycles. The lowest BCUT2D eigenvalue weighted by molar-refractivity contribution is 0.194. The lowest BCUT2D eigenvalue weighted by Crippen LogP contribution is -2.52. The van der Waals surface area contributed by atoms with Gasteiger partial charge in [-0.2, -0.15) is 0 Å². The van der Waals surface area contributed by atoms with Crippen LogP contribution in [-0.4, -0.2) is 53.6 Å². The molecule has 3 heterocycles. The molecule has 134 valence electrons. The molecule has 1 saturated heterocycles. The Kier molecular flexibility index (Phi) is 5.53. The molecule has 0 atom stereocenters. The molecule has 1 N–H and O–H groups in total. The van der Waals surface area contributed by atoms with Gasteiger partial charge in [-0.3, -0.25) is 4.98 Å². The molecule has 1 fully saturated rings. The second kappa shape index (κ2) is 8.00. The van der Waals surface area contributed by atoms with Crippen molar-refractivity contribution in [3.05, 3.63) is 41.7 Å². The Morgan fingerprint density at radius 3 is 2.80 bits per heavy atom. The quantitative estimate of drug-likeness (QED) is 0.842. The molecule has 7 nitrogen and oxygen atoms in total. The molecular weight excluding hydrogens is 318 g/mol. The first kappa shape index (κ1) is 17.3. The summed E-state index contributed by atoms with van der Waals surface area (Å²) < 4.78 is 5.29. The van der Waals surface area contributed by atoms with Crippen LogP contribution in [0.4, 0.5) is 10.6 Å². The van der Waals surface area contributed by atoms with Crippen molar-refractivity contribution in [1.29, 1.82) is 0 Å². The van der Waals surface area contributed by atoms with Crippen molar-refractivity contribution < 1.29 is 9.21 Å². The van der Waals surface area contributed by atoms with Crippen molar-refractivity contribution in [2.45, 2.75) is 26.7 Å². The highest BCUT2D eigenvalue weighted by Gasteiger charge is 2.22. The van der Waals surface area contributed by atoms with Crippen LogP contribution in [-0.2, 0) is 6.42 Å². The number of hydrogen-bond donors (Lipinski definition) is 1. The van der Waals surface area contributed by atoms with E-state index >= 15 is 0 Å². The van der Waals surface area contributed by atoms with Crippen molar-refractivity contribution in [1.82, 2.24) is 20.2 Å². The van der Waals surface area contributed by atoms with Gasteiger partial charge >= 0.3 is 6.03 Å². The number of aromatic nitrogens is 2. The molecule has 1 aliphatic rings. The van der Waals surface area contributed by atoms with E-state index in [0.717, 1.165) is 48.9 Å². The summed E-state index contributed by atoms with van der Waals surface area (Å²) in [5.41, 5.74) is 1.85. The maximum Gasteiger partial charge on any atom is 0.317 e. The minimum atomic E-state index is 0.00569. The van der Waals surface area contributed by atoms with Gasteiger partial charge in [0.2, 0.25) is 0 Å². The summed E-state index contributed by atoms with van der Waals surface area (Å²) in [5.74, 6) is 1.89. The van der Waals surface area contributed by atoms with Gasteiger partial charge in [0.05, 0.1) is 17.7 Å². The predicted molar refractivity (Wildman–Crippen MR) is 95.7 cm³/mol. The van der Waals surface area contributed by atoms with Gasteiger partial charge in [-0.1, -0.05) is 0 Å². The molecule has 2 aromatic heterocycles.